The van der Waals surface area contributed by atoms with Gasteiger partial charge in [-0.15, -0.1) is 0 Å². The summed E-state index contributed by atoms with van der Waals surface area (Å²) in [7, 11) is 9.71. The Morgan fingerprint density at radius 1 is 0.716 bits per heavy atom. The summed E-state index contributed by atoms with van der Waals surface area (Å²) >= 11 is 27.4. The quantitative estimate of drug-likeness (QED) is 0.0775. The molecule has 3 N–H and O–H groups in total. The molecule has 4 heterocycles. The second-order valence-corrected chi connectivity index (χ2v) is 20.8. The topological polar surface area (TPSA) is 195 Å². The predicted molar refractivity (Wildman–Crippen MR) is 289 cm³/mol. The van der Waals surface area contributed by atoms with E-state index in [0.29, 0.717) is 109 Å². The summed E-state index contributed by atoms with van der Waals surface area (Å²) in [6.45, 7) is 6.59. The maximum Gasteiger partial charge on any atom is 0.411 e. The first-order valence-electron chi connectivity index (χ1n) is 23.8. The largest absolute Gasteiger partial charge is 0.495 e. The summed E-state index contributed by atoms with van der Waals surface area (Å²) in [5.41, 5.74) is 2.99. The minimum Gasteiger partial charge on any atom is -0.495 e. The standard InChI is InChI=1S/C52H58Cl4N10O8/c1-52(2,3)74-51(69)66-26-32(61-50-59-24-29-17-27(11-13-34(29)63-50)41-43(53)37(70-7)21-38(71-8)44(41)54)20-36(66)48(68)65(6)15-10-16-73-40-22-39(72-9)45(55)42(46(40)56)28-12-14-33-30(18-28)23-58-49(62-33)60-31-19-35(57-25-31)47(67)64(4)5/h11-14,17-18,21-24,31-32,35-36,57H,10,15-16,19-20,25-26H2,1-9H3,(H,58,60,62)(H,59,61,63)/t31-,32-,35-,36-/m0/s1. The Balaban J connectivity index is 0.915. The molecule has 0 unspecified atom stereocenters. The van der Waals surface area contributed by atoms with Gasteiger partial charge in [-0.3, -0.25) is 14.5 Å². The molecule has 0 saturated carbocycles. The monoisotopic (exact) mass is 1090 g/mol. The van der Waals surface area contributed by atoms with Crippen molar-refractivity contribution in [1.29, 1.82) is 0 Å². The number of rotatable bonds is 16. The molecule has 2 aliphatic heterocycles. The third-order valence-electron chi connectivity index (χ3n) is 12.7. The second kappa shape index (κ2) is 22.7. The van der Waals surface area contributed by atoms with E-state index in [4.69, 9.17) is 80.1 Å². The SMILES string of the molecule is COc1cc(OC)c(Cl)c(-c2ccc3nc(N[C@H]4C[C@@H](C(=O)N(C)CCCOc5cc(OC)c(Cl)c(-c6ccc7nc(N[C@@H]8CN[C@H](C(=O)N(C)C)C8)ncc7c6)c5Cl)N(C(=O)OC(C)(C)C)C4)ncc3c2)c1Cl. The van der Waals surface area contributed by atoms with Crippen molar-refractivity contribution in [2.75, 3.05) is 79.3 Å². The number of ether oxygens (including phenoxy) is 5. The Morgan fingerprint density at radius 3 is 1.74 bits per heavy atom. The second-order valence-electron chi connectivity index (χ2n) is 19.3. The highest BCUT2D eigenvalue weighted by Gasteiger charge is 2.43. The fraction of sp³-hybridized carbons (Fsp3) is 0.404. The average Bonchev–Trinajstić information content (AvgIpc) is 4.02. The van der Waals surface area contributed by atoms with E-state index in [1.807, 2.05) is 36.4 Å². The number of anilines is 2. The van der Waals surface area contributed by atoms with Crippen LogP contribution in [0.1, 0.15) is 40.0 Å². The van der Waals surface area contributed by atoms with Crippen molar-refractivity contribution < 1.29 is 38.1 Å². The van der Waals surface area contributed by atoms with Gasteiger partial charge in [0, 0.05) is 99.3 Å². The van der Waals surface area contributed by atoms with Crippen molar-refractivity contribution in [3.63, 3.8) is 0 Å². The molecule has 0 bridgehead atoms. The van der Waals surface area contributed by atoms with Crippen molar-refractivity contribution in [2.45, 2.75) is 69.8 Å². The smallest absolute Gasteiger partial charge is 0.411 e. The number of aromatic nitrogens is 4. The summed E-state index contributed by atoms with van der Waals surface area (Å²) in [6, 6.07) is 12.9. The van der Waals surface area contributed by atoms with Gasteiger partial charge >= 0.3 is 6.09 Å². The number of benzene rings is 4. The fourth-order valence-corrected chi connectivity index (χ4v) is 10.4. The van der Waals surface area contributed by atoms with Crippen LogP contribution in [0.15, 0.2) is 60.9 Å². The molecule has 74 heavy (non-hydrogen) atoms. The van der Waals surface area contributed by atoms with Crippen LogP contribution in [0.5, 0.6) is 23.0 Å². The average molecular weight is 1090 g/mol. The normalized spacial score (nSPS) is 17.6. The minimum absolute atomic E-state index is 0.0100. The lowest BCUT2D eigenvalue weighted by Crippen LogP contribution is -2.48. The summed E-state index contributed by atoms with van der Waals surface area (Å²) in [4.78, 5) is 63.5. The van der Waals surface area contributed by atoms with Gasteiger partial charge < -0.3 is 49.4 Å². The maximum absolute atomic E-state index is 14.2. The van der Waals surface area contributed by atoms with Gasteiger partial charge in [0.15, 0.2) is 0 Å². The van der Waals surface area contributed by atoms with Crippen LogP contribution in [-0.2, 0) is 14.3 Å². The van der Waals surface area contributed by atoms with E-state index >= 15 is 0 Å². The zero-order valence-corrected chi connectivity index (χ0v) is 45.5. The van der Waals surface area contributed by atoms with E-state index in [1.54, 1.807) is 76.2 Å². The van der Waals surface area contributed by atoms with Crippen LogP contribution in [-0.4, -0.2) is 151 Å². The number of likely N-dealkylation sites (tertiary alicyclic amines) is 1. The molecule has 2 aromatic heterocycles. The van der Waals surface area contributed by atoms with Gasteiger partial charge in [-0.2, -0.15) is 0 Å². The van der Waals surface area contributed by atoms with Gasteiger partial charge in [-0.1, -0.05) is 58.5 Å². The highest BCUT2D eigenvalue weighted by Crippen LogP contribution is 2.48. The van der Waals surface area contributed by atoms with E-state index in [0.717, 1.165) is 10.8 Å². The summed E-state index contributed by atoms with van der Waals surface area (Å²) in [5, 5.41) is 12.7. The summed E-state index contributed by atoms with van der Waals surface area (Å²) in [5.74, 6) is 2.06. The molecule has 8 rings (SSSR count). The number of fused-ring (bicyclic) bond motifs is 2. The summed E-state index contributed by atoms with van der Waals surface area (Å²) in [6.07, 6.45) is 4.10. The molecule has 6 aromatic rings. The number of likely N-dealkylation sites (N-methyl/N-ethyl adjacent to an activating group) is 2. The minimum atomic E-state index is -0.837. The fourth-order valence-electron chi connectivity index (χ4n) is 9.01. The number of carbonyl (C=O) groups excluding carboxylic acids is 3. The lowest BCUT2D eigenvalue weighted by Gasteiger charge is -2.30. The number of carbonyl (C=O) groups is 3. The molecule has 22 heteroatoms. The van der Waals surface area contributed by atoms with Gasteiger partial charge in [-0.25, -0.2) is 24.7 Å². The van der Waals surface area contributed by atoms with E-state index in [-0.39, 0.29) is 54.5 Å². The van der Waals surface area contributed by atoms with Crippen molar-refractivity contribution >= 4 is 98.0 Å². The van der Waals surface area contributed by atoms with Crippen LogP contribution in [0.2, 0.25) is 20.1 Å². The molecular formula is C52H58Cl4N10O8. The van der Waals surface area contributed by atoms with Crippen LogP contribution in [0, 0.1) is 0 Å². The van der Waals surface area contributed by atoms with E-state index in [2.05, 4.69) is 25.9 Å². The third kappa shape index (κ3) is 11.8. The van der Waals surface area contributed by atoms with E-state index in [1.165, 1.54) is 26.2 Å². The van der Waals surface area contributed by atoms with Crippen LogP contribution in [0.4, 0.5) is 16.7 Å². The number of hydrogen-bond acceptors (Lipinski definition) is 15. The molecule has 0 spiro atoms. The van der Waals surface area contributed by atoms with Gasteiger partial charge in [0.1, 0.15) is 34.6 Å². The maximum atomic E-state index is 14.2. The first-order chi connectivity index (χ1) is 35.3. The van der Waals surface area contributed by atoms with Crippen molar-refractivity contribution in [3.8, 4) is 45.3 Å². The van der Waals surface area contributed by atoms with Crippen LogP contribution in [0.25, 0.3) is 44.1 Å². The highest BCUT2D eigenvalue weighted by molar-refractivity contribution is 6.42. The lowest BCUT2D eigenvalue weighted by molar-refractivity contribution is -0.134. The molecule has 4 atom stereocenters. The van der Waals surface area contributed by atoms with Gasteiger partial charge in [0.25, 0.3) is 0 Å². The van der Waals surface area contributed by atoms with Crippen molar-refractivity contribution in [3.05, 3.63) is 81.0 Å². The first-order valence-corrected chi connectivity index (χ1v) is 25.3. The van der Waals surface area contributed by atoms with Gasteiger partial charge in [0.2, 0.25) is 23.7 Å². The predicted octanol–water partition coefficient (Wildman–Crippen LogP) is 9.49. The molecule has 0 aliphatic carbocycles. The Morgan fingerprint density at radius 2 is 1.23 bits per heavy atom. The molecule has 0 radical (unpaired) electrons. The first kappa shape index (κ1) is 54.0. The molecule has 2 aliphatic rings. The van der Waals surface area contributed by atoms with E-state index < -0.39 is 17.7 Å². The zero-order valence-electron chi connectivity index (χ0n) is 42.4. The number of nitrogens with zero attached hydrogens (tertiary/aromatic N) is 7. The Kier molecular flexibility index (Phi) is 16.5. The Bertz CT molecular complexity index is 3080. The molecule has 4 aromatic carbocycles. The van der Waals surface area contributed by atoms with Crippen molar-refractivity contribution in [1.82, 2.24) is 40.0 Å². The number of hydrogen-bond donors (Lipinski definition) is 3. The molecule has 2 saturated heterocycles. The molecule has 18 nitrogen and oxygen atoms in total. The molecular weight excluding hydrogens is 1030 g/mol. The number of amides is 3. The van der Waals surface area contributed by atoms with Gasteiger partial charge in [-0.05, 0) is 75.4 Å². The van der Waals surface area contributed by atoms with Gasteiger partial charge in [0.05, 0.1) is 65.1 Å². The summed E-state index contributed by atoms with van der Waals surface area (Å²) < 4.78 is 28.6. The van der Waals surface area contributed by atoms with Crippen LogP contribution < -0.4 is 34.9 Å². The van der Waals surface area contributed by atoms with Crippen LogP contribution in [0.3, 0.4) is 0 Å². The third-order valence-corrected chi connectivity index (χ3v) is 14.2. The van der Waals surface area contributed by atoms with E-state index in [9.17, 15) is 14.4 Å². The van der Waals surface area contributed by atoms with Crippen molar-refractivity contribution in [2.24, 2.45) is 0 Å². The Labute approximate surface area is 449 Å². The highest BCUT2D eigenvalue weighted by atomic mass is 35.5. The van der Waals surface area contributed by atoms with Crippen LogP contribution >= 0.6 is 46.4 Å². The number of halogens is 4. The lowest BCUT2D eigenvalue weighted by atomic mass is 10.0. The molecule has 392 valence electrons. The zero-order chi connectivity index (χ0) is 53.2. The molecule has 3 amide bonds. The number of methoxy groups -OCH3 is 3. The Hall–Kier alpha value is -6.31. The number of nitrogens with one attached hydrogen (secondary N) is 3. The molecule has 2 fully saturated rings.